The summed E-state index contributed by atoms with van der Waals surface area (Å²) in [6.45, 7) is 0. The molecule has 0 spiro atoms. The van der Waals surface area contributed by atoms with Gasteiger partial charge in [-0.3, -0.25) is 15.1 Å². The molecule has 0 amide bonds. The van der Waals surface area contributed by atoms with E-state index in [-0.39, 0.29) is 5.41 Å². The predicted octanol–water partition coefficient (Wildman–Crippen LogP) is 3.28. The Morgan fingerprint density at radius 2 is 1.64 bits per heavy atom. The van der Waals surface area contributed by atoms with Crippen molar-refractivity contribution in [2.24, 2.45) is 0 Å². The lowest BCUT2D eigenvalue weighted by atomic mass is 9.69. The quantitative estimate of drug-likeness (QED) is 0.577. The van der Waals surface area contributed by atoms with Crippen molar-refractivity contribution in [1.29, 1.82) is 0 Å². The Morgan fingerprint density at radius 1 is 0.964 bits per heavy atom. The van der Waals surface area contributed by atoms with Crippen LogP contribution in [0.5, 0.6) is 5.88 Å². The van der Waals surface area contributed by atoms with Crippen LogP contribution < -0.4 is 4.74 Å². The summed E-state index contributed by atoms with van der Waals surface area (Å²) in [7, 11) is 1.59. The summed E-state index contributed by atoms with van der Waals surface area (Å²) in [5, 5.41) is 7.73. The van der Waals surface area contributed by atoms with Crippen LogP contribution in [0, 0.1) is 0 Å². The first-order chi connectivity index (χ1) is 13.8. The number of hydrogen-bond acceptors (Lipinski definition) is 7. The van der Waals surface area contributed by atoms with Crippen LogP contribution >= 0.6 is 11.7 Å². The van der Waals surface area contributed by atoms with E-state index in [4.69, 9.17) is 4.74 Å². The van der Waals surface area contributed by atoms with Gasteiger partial charge in [0, 0.05) is 47.9 Å². The molecule has 0 bridgehead atoms. The molecule has 28 heavy (non-hydrogen) atoms. The molecule has 4 heterocycles. The molecule has 1 aliphatic carbocycles. The van der Waals surface area contributed by atoms with Crippen LogP contribution in [0.1, 0.15) is 22.4 Å². The number of H-pyrrole nitrogens is 1. The summed E-state index contributed by atoms with van der Waals surface area (Å²) in [4.78, 5) is 8.36. The fraction of sp³-hybridized carbons (Fsp3) is 0.150. The maximum Gasteiger partial charge on any atom is 0.255 e. The number of nitrogens with one attached hydrogen (secondary N) is 1. The summed E-state index contributed by atoms with van der Waals surface area (Å²) >= 11 is 1.12. The van der Waals surface area contributed by atoms with E-state index in [1.807, 2.05) is 24.8 Å². The molecule has 0 saturated carbocycles. The molecule has 0 aliphatic heterocycles. The van der Waals surface area contributed by atoms with Gasteiger partial charge in [-0.05, 0) is 35.4 Å². The van der Waals surface area contributed by atoms with Crippen LogP contribution in [0.25, 0.3) is 17.5 Å². The third-order valence-corrected chi connectivity index (χ3v) is 5.65. The molecule has 4 aromatic rings. The second-order valence-electron chi connectivity index (χ2n) is 6.54. The van der Waals surface area contributed by atoms with Crippen LogP contribution in [0.15, 0.2) is 55.1 Å². The third kappa shape index (κ3) is 2.53. The number of methoxy groups -OCH3 is 1. The first kappa shape index (κ1) is 16.8. The lowest BCUT2D eigenvalue weighted by molar-refractivity contribution is 0.403. The van der Waals surface area contributed by atoms with Crippen LogP contribution in [0.3, 0.4) is 0 Å². The Bertz CT molecular complexity index is 1100. The molecule has 1 aliphatic rings. The van der Waals surface area contributed by atoms with Gasteiger partial charge in [0.05, 0.1) is 18.8 Å². The molecule has 4 aromatic heterocycles. The Kier molecular flexibility index (Phi) is 3.98. The van der Waals surface area contributed by atoms with E-state index in [1.54, 1.807) is 7.11 Å². The number of fused-ring (bicyclic) bond motifs is 1. The van der Waals surface area contributed by atoms with Gasteiger partial charge in [-0.15, -0.1) is 4.37 Å². The average Bonchev–Trinajstić information content (AvgIpc) is 3.40. The van der Waals surface area contributed by atoms with Crippen molar-refractivity contribution in [3.8, 4) is 17.3 Å². The molecule has 0 unspecified atom stereocenters. The lowest BCUT2D eigenvalue weighted by Crippen LogP contribution is -2.30. The maximum absolute atomic E-state index is 5.32. The fourth-order valence-corrected chi connectivity index (χ4v) is 4.29. The van der Waals surface area contributed by atoms with Gasteiger partial charge >= 0.3 is 0 Å². The molecule has 0 saturated heterocycles. The van der Waals surface area contributed by atoms with Crippen LogP contribution in [-0.4, -0.2) is 36.0 Å². The van der Waals surface area contributed by atoms with Crippen LogP contribution in [0.2, 0.25) is 0 Å². The second kappa shape index (κ2) is 6.65. The standard InChI is InChI=1S/C20H16N6OS/c1-27-19-18(25-28-26-19)17-15-2-7-20(12-16(15)23-24-17,13-3-8-21-9-4-13)14-5-10-22-11-6-14/h2-11H,12H2,1H3,(H,23,24). The molecule has 0 aromatic carbocycles. The Labute approximate surface area is 165 Å². The molecule has 0 atom stereocenters. The van der Waals surface area contributed by atoms with Crippen molar-refractivity contribution in [2.75, 3.05) is 7.11 Å². The monoisotopic (exact) mass is 388 g/mol. The molecule has 5 rings (SSSR count). The first-order valence-electron chi connectivity index (χ1n) is 8.76. The van der Waals surface area contributed by atoms with Crippen molar-refractivity contribution >= 4 is 17.8 Å². The highest BCUT2D eigenvalue weighted by molar-refractivity contribution is 6.99. The van der Waals surface area contributed by atoms with Gasteiger partial charge in [0.1, 0.15) is 5.69 Å². The maximum atomic E-state index is 5.32. The molecule has 7 nitrogen and oxygen atoms in total. The van der Waals surface area contributed by atoms with E-state index in [0.717, 1.165) is 35.1 Å². The van der Waals surface area contributed by atoms with E-state index in [2.05, 4.69) is 65.3 Å². The molecule has 138 valence electrons. The highest BCUT2D eigenvalue weighted by Gasteiger charge is 2.37. The van der Waals surface area contributed by atoms with E-state index in [1.165, 1.54) is 11.1 Å². The SMILES string of the molecule is COc1nsnc1-c1n[nH]c2c1C=CC(c1ccncc1)(c1ccncc1)C2. The summed E-state index contributed by atoms with van der Waals surface area (Å²) < 4.78 is 13.9. The molecular weight excluding hydrogens is 372 g/mol. The third-order valence-electron chi connectivity index (χ3n) is 5.14. The number of hydrogen-bond donors (Lipinski definition) is 1. The van der Waals surface area contributed by atoms with Gasteiger partial charge in [0.25, 0.3) is 5.88 Å². The van der Waals surface area contributed by atoms with Crippen LogP contribution in [-0.2, 0) is 11.8 Å². The average molecular weight is 388 g/mol. The van der Waals surface area contributed by atoms with Gasteiger partial charge in [-0.25, -0.2) is 0 Å². The van der Waals surface area contributed by atoms with Crippen LogP contribution in [0.4, 0.5) is 0 Å². The zero-order chi connectivity index (χ0) is 19.0. The largest absolute Gasteiger partial charge is 0.479 e. The van der Waals surface area contributed by atoms with Gasteiger partial charge in [-0.1, -0.05) is 12.2 Å². The number of aromatic amines is 1. The molecule has 0 radical (unpaired) electrons. The number of nitrogens with zero attached hydrogens (tertiary/aromatic N) is 5. The van der Waals surface area contributed by atoms with Crippen molar-refractivity contribution in [1.82, 2.24) is 28.9 Å². The topological polar surface area (TPSA) is 89.5 Å². The van der Waals surface area contributed by atoms with Crippen molar-refractivity contribution in [3.63, 3.8) is 0 Å². The highest BCUT2D eigenvalue weighted by Crippen LogP contribution is 2.43. The molecular formula is C20H16N6OS. The van der Waals surface area contributed by atoms with E-state index < -0.39 is 0 Å². The van der Waals surface area contributed by atoms with Crippen molar-refractivity contribution in [3.05, 3.63) is 77.5 Å². The molecule has 8 heteroatoms. The Balaban J connectivity index is 1.65. The van der Waals surface area contributed by atoms with E-state index in [9.17, 15) is 0 Å². The van der Waals surface area contributed by atoms with Gasteiger partial charge in [-0.2, -0.15) is 9.47 Å². The minimum atomic E-state index is -0.326. The Hall–Kier alpha value is -3.39. The number of aromatic nitrogens is 6. The fourth-order valence-electron chi connectivity index (χ4n) is 3.77. The lowest BCUT2D eigenvalue weighted by Gasteiger charge is -2.34. The number of pyridine rings is 2. The van der Waals surface area contributed by atoms with E-state index >= 15 is 0 Å². The summed E-state index contributed by atoms with van der Waals surface area (Å²) in [5.74, 6) is 0.493. The minimum absolute atomic E-state index is 0.326. The predicted molar refractivity (Wildman–Crippen MR) is 106 cm³/mol. The summed E-state index contributed by atoms with van der Waals surface area (Å²) in [6.07, 6.45) is 12.4. The van der Waals surface area contributed by atoms with Gasteiger partial charge in [0.15, 0.2) is 5.69 Å². The number of ether oxygens (including phenoxy) is 1. The zero-order valence-corrected chi connectivity index (χ0v) is 15.8. The molecule has 0 fully saturated rings. The van der Waals surface area contributed by atoms with Crippen molar-refractivity contribution < 1.29 is 4.74 Å². The molecule has 1 N–H and O–H groups in total. The Morgan fingerprint density at radius 3 is 2.29 bits per heavy atom. The van der Waals surface area contributed by atoms with Gasteiger partial charge in [0.2, 0.25) is 0 Å². The normalized spacial score (nSPS) is 14.6. The highest BCUT2D eigenvalue weighted by atomic mass is 32.1. The minimum Gasteiger partial charge on any atom is -0.479 e. The summed E-state index contributed by atoms with van der Waals surface area (Å²) in [5.41, 5.74) is 5.49. The van der Waals surface area contributed by atoms with Crippen molar-refractivity contribution in [2.45, 2.75) is 11.8 Å². The second-order valence-corrected chi connectivity index (χ2v) is 7.07. The smallest absolute Gasteiger partial charge is 0.255 e. The number of allylic oxidation sites excluding steroid dienone is 1. The first-order valence-corrected chi connectivity index (χ1v) is 9.49. The summed E-state index contributed by atoms with van der Waals surface area (Å²) in [6, 6.07) is 8.22. The zero-order valence-electron chi connectivity index (χ0n) is 15.0. The van der Waals surface area contributed by atoms with E-state index in [0.29, 0.717) is 11.6 Å². The number of rotatable bonds is 4. The van der Waals surface area contributed by atoms with Gasteiger partial charge < -0.3 is 4.74 Å².